The fraction of sp³-hybridized carbons (Fsp3) is 0.263. The first-order valence-corrected chi connectivity index (χ1v) is 8.90. The van der Waals surface area contributed by atoms with Gasteiger partial charge in [-0.05, 0) is 43.3 Å². The summed E-state index contributed by atoms with van der Waals surface area (Å²) >= 11 is 1.41. The van der Waals surface area contributed by atoms with Gasteiger partial charge in [-0.25, -0.2) is 0 Å². The van der Waals surface area contributed by atoms with Crippen LogP contribution in [0, 0.1) is 20.8 Å². The lowest BCUT2D eigenvalue weighted by Gasteiger charge is -2.10. The molecule has 1 aromatic carbocycles. The van der Waals surface area contributed by atoms with Crippen molar-refractivity contribution in [2.24, 2.45) is 7.05 Å². The van der Waals surface area contributed by atoms with Gasteiger partial charge in [0, 0.05) is 12.6 Å². The minimum atomic E-state index is -0.126. The minimum Gasteiger partial charge on any atom is -0.488 e. The standard InChI is InChI=1S/C19H21N3O2S/c1-12-6-5-7-13(2)18(12)24-10-15-8-17(25-11-15)19(23)21-16-9-20-22(4)14(16)3/h5-9,11H,10H2,1-4H3,(H,21,23). The molecule has 0 bridgehead atoms. The van der Waals surface area contributed by atoms with E-state index < -0.39 is 0 Å². The molecule has 0 spiro atoms. The lowest BCUT2D eigenvalue weighted by Crippen LogP contribution is -2.11. The van der Waals surface area contributed by atoms with Gasteiger partial charge in [-0.3, -0.25) is 9.48 Å². The van der Waals surface area contributed by atoms with Gasteiger partial charge in [-0.15, -0.1) is 11.3 Å². The van der Waals surface area contributed by atoms with Gasteiger partial charge in [0.25, 0.3) is 5.91 Å². The molecular weight excluding hydrogens is 334 g/mol. The normalized spacial score (nSPS) is 10.7. The van der Waals surface area contributed by atoms with Crippen LogP contribution in [0.15, 0.2) is 35.8 Å². The number of anilines is 1. The zero-order valence-electron chi connectivity index (χ0n) is 14.8. The van der Waals surface area contributed by atoms with Gasteiger partial charge in [-0.1, -0.05) is 18.2 Å². The van der Waals surface area contributed by atoms with Crippen LogP contribution < -0.4 is 10.1 Å². The van der Waals surface area contributed by atoms with E-state index in [0.717, 1.165) is 33.8 Å². The van der Waals surface area contributed by atoms with Crippen molar-refractivity contribution in [1.29, 1.82) is 0 Å². The SMILES string of the molecule is Cc1cccc(C)c1OCc1csc(C(=O)Nc2cnn(C)c2C)c1. The molecule has 25 heavy (non-hydrogen) atoms. The lowest BCUT2D eigenvalue weighted by molar-refractivity contribution is 0.103. The topological polar surface area (TPSA) is 56.1 Å². The van der Waals surface area contributed by atoms with E-state index in [4.69, 9.17) is 4.74 Å². The summed E-state index contributed by atoms with van der Waals surface area (Å²) in [4.78, 5) is 13.0. The Labute approximate surface area is 151 Å². The van der Waals surface area contributed by atoms with Crippen molar-refractivity contribution < 1.29 is 9.53 Å². The first-order chi connectivity index (χ1) is 12.0. The molecule has 0 atom stereocenters. The Morgan fingerprint density at radius 3 is 2.64 bits per heavy atom. The smallest absolute Gasteiger partial charge is 0.265 e. The summed E-state index contributed by atoms with van der Waals surface area (Å²) in [6.45, 7) is 6.43. The molecule has 130 valence electrons. The van der Waals surface area contributed by atoms with Crippen LogP contribution >= 0.6 is 11.3 Å². The Bertz CT molecular complexity index is 891. The Hall–Kier alpha value is -2.60. The van der Waals surface area contributed by atoms with E-state index in [9.17, 15) is 4.79 Å². The number of aryl methyl sites for hydroxylation is 3. The number of nitrogens with one attached hydrogen (secondary N) is 1. The minimum absolute atomic E-state index is 0.126. The van der Waals surface area contributed by atoms with Gasteiger partial charge in [-0.2, -0.15) is 5.10 Å². The van der Waals surface area contributed by atoms with Crippen molar-refractivity contribution in [1.82, 2.24) is 9.78 Å². The first-order valence-electron chi connectivity index (χ1n) is 8.02. The zero-order valence-corrected chi connectivity index (χ0v) is 15.6. The van der Waals surface area contributed by atoms with E-state index in [1.54, 1.807) is 10.9 Å². The van der Waals surface area contributed by atoms with Crippen LogP contribution in [-0.4, -0.2) is 15.7 Å². The van der Waals surface area contributed by atoms with Gasteiger partial charge < -0.3 is 10.1 Å². The van der Waals surface area contributed by atoms with Gasteiger partial charge in [0.05, 0.1) is 22.5 Å². The monoisotopic (exact) mass is 355 g/mol. The molecule has 3 aromatic rings. The summed E-state index contributed by atoms with van der Waals surface area (Å²) in [6, 6.07) is 7.96. The summed E-state index contributed by atoms with van der Waals surface area (Å²) in [6.07, 6.45) is 1.66. The first kappa shape index (κ1) is 17.2. The van der Waals surface area contributed by atoms with Crippen molar-refractivity contribution in [2.75, 3.05) is 5.32 Å². The number of rotatable bonds is 5. The molecule has 2 heterocycles. The predicted octanol–water partition coefficient (Wildman–Crippen LogP) is 4.24. The number of benzene rings is 1. The van der Waals surface area contributed by atoms with Crippen molar-refractivity contribution in [2.45, 2.75) is 27.4 Å². The molecule has 0 aliphatic heterocycles. The Morgan fingerprint density at radius 2 is 2.00 bits per heavy atom. The number of nitrogens with zero attached hydrogens (tertiary/aromatic N) is 2. The molecular formula is C19H21N3O2S. The van der Waals surface area contributed by atoms with E-state index in [-0.39, 0.29) is 5.91 Å². The van der Waals surface area contributed by atoms with E-state index >= 15 is 0 Å². The average molecular weight is 355 g/mol. The third-order valence-corrected chi connectivity index (χ3v) is 5.13. The number of amides is 1. The van der Waals surface area contributed by atoms with Crippen molar-refractivity contribution in [3.8, 4) is 5.75 Å². The second-order valence-electron chi connectivity index (χ2n) is 6.05. The van der Waals surface area contributed by atoms with Crippen molar-refractivity contribution in [3.63, 3.8) is 0 Å². The summed E-state index contributed by atoms with van der Waals surface area (Å²) in [5.41, 5.74) is 4.86. The van der Waals surface area contributed by atoms with E-state index in [2.05, 4.69) is 10.4 Å². The van der Waals surface area contributed by atoms with E-state index in [1.807, 2.05) is 57.5 Å². The van der Waals surface area contributed by atoms with Crippen molar-refractivity contribution >= 4 is 22.9 Å². The molecule has 1 N–H and O–H groups in total. The molecule has 0 saturated carbocycles. The Morgan fingerprint density at radius 1 is 1.28 bits per heavy atom. The van der Waals surface area contributed by atoms with Crippen LogP contribution in [0.4, 0.5) is 5.69 Å². The lowest BCUT2D eigenvalue weighted by atomic mass is 10.1. The van der Waals surface area contributed by atoms with Crippen LogP contribution in [0.3, 0.4) is 0 Å². The maximum absolute atomic E-state index is 12.4. The van der Waals surface area contributed by atoms with Crippen LogP contribution in [0.5, 0.6) is 5.75 Å². The number of hydrogen-bond acceptors (Lipinski definition) is 4. The molecule has 6 heteroatoms. The summed E-state index contributed by atoms with van der Waals surface area (Å²) in [7, 11) is 1.85. The highest BCUT2D eigenvalue weighted by Crippen LogP contribution is 2.25. The van der Waals surface area contributed by atoms with Crippen LogP contribution in [-0.2, 0) is 13.7 Å². The van der Waals surface area contributed by atoms with Gasteiger partial charge in [0.1, 0.15) is 12.4 Å². The number of ether oxygens (including phenoxy) is 1. The molecule has 2 aromatic heterocycles. The summed E-state index contributed by atoms with van der Waals surface area (Å²) < 4.78 is 7.68. The van der Waals surface area contributed by atoms with E-state index in [0.29, 0.717) is 11.5 Å². The van der Waals surface area contributed by atoms with Crippen LogP contribution in [0.1, 0.15) is 32.1 Å². The van der Waals surface area contributed by atoms with Crippen LogP contribution in [0.25, 0.3) is 0 Å². The number of carbonyl (C=O) groups excluding carboxylic acids is 1. The molecule has 0 saturated heterocycles. The largest absolute Gasteiger partial charge is 0.488 e. The van der Waals surface area contributed by atoms with Crippen LogP contribution in [0.2, 0.25) is 0 Å². The fourth-order valence-corrected chi connectivity index (χ4v) is 3.35. The molecule has 1 amide bonds. The summed E-state index contributed by atoms with van der Waals surface area (Å²) in [5.74, 6) is 0.783. The zero-order chi connectivity index (χ0) is 18.0. The van der Waals surface area contributed by atoms with Gasteiger partial charge in [0.2, 0.25) is 0 Å². The molecule has 0 fully saturated rings. The summed E-state index contributed by atoms with van der Waals surface area (Å²) in [5, 5.41) is 8.99. The molecule has 3 rings (SSSR count). The van der Waals surface area contributed by atoms with Gasteiger partial charge in [0.15, 0.2) is 0 Å². The third-order valence-electron chi connectivity index (χ3n) is 4.15. The third kappa shape index (κ3) is 3.74. The Kier molecular flexibility index (Phi) is 4.90. The Balaban J connectivity index is 1.66. The fourth-order valence-electron chi connectivity index (χ4n) is 2.56. The predicted molar refractivity (Wildman–Crippen MR) is 100 cm³/mol. The second-order valence-corrected chi connectivity index (χ2v) is 6.96. The highest BCUT2D eigenvalue weighted by atomic mass is 32.1. The number of hydrogen-bond donors (Lipinski definition) is 1. The second kappa shape index (κ2) is 7.11. The maximum Gasteiger partial charge on any atom is 0.265 e. The molecule has 0 aliphatic carbocycles. The highest BCUT2D eigenvalue weighted by molar-refractivity contribution is 7.12. The maximum atomic E-state index is 12.4. The number of thiophene rings is 1. The number of aromatic nitrogens is 2. The number of para-hydroxylation sites is 1. The quantitative estimate of drug-likeness (QED) is 0.745. The van der Waals surface area contributed by atoms with E-state index in [1.165, 1.54) is 11.3 Å². The van der Waals surface area contributed by atoms with Gasteiger partial charge >= 0.3 is 0 Å². The number of carbonyl (C=O) groups is 1. The molecule has 0 unspecified atom stereocenters. The highest BCUT2D eigenvalue weighted by Gasteiger charge is 2.13. The molecule has 0 radical (unpaired) electrons. The molecule has 0 aliphatic rings. The average Bonchev–Trinajstić information content (AvgIpc) is 3.17. The van der Waals surface area contributed by atoms with Crippen molar-refractivity contribution in [3.05, 3.63) is 63.1 Å². The molecule has 5 nitrogen and oxygen atoms in total.